The number of amides is 1. The molecular weight excluding hydrogens is 148 g/mol. The van der Waals surface area contributed by atoms with E-state index in [1.165, 1.54) is 0 Å². The molecular formula is C6H14N2O3. The SMILES string of the molecule is COCCNCCOC(N)=O. The molecule has 0 aliphatic rings. The number of rotatable bonds is 6. The third-order valence-corrected chi connectivity index (χ3v) is 1.01. The van der Waals surface area contributed by atoms with Gasteiger partial charge in [-0.25, -0.2) is 4.79 Å². The van der Waals surface area contributed by atoms with Crippen molar-refractivity contribution in [3.05, 3.63) is 0 Å². The fourth-order valence-corrected chi connectivity index (χ4v) is 0.523. The van der Waals surface area contributed by atoms with Crippen LogP contribution in [0.5, 0.6) is 0 Å². The van der Waals surface area contributed by atoms with Crippen molar-refractivity contribution in [1.82, 2.24) is 5.32 Å². The molecule has 0 saturated heterocycles. The number of methoxy groups -OCH3 is 1. The van der Waals surface area contributed by atoms with Crippen molar-refractivity contribution < 1.29 is 14.3 Å². The second kappa shape index (κ2) is 7.30. The lowest BCUT2D eigenvalue weighted by molar-refractivity contribution is 0.154. The van der Waals surface area contributed by atoms with Gasteiger partial charge in [0.05, 0.1) is 6.61 Å². The fraction of sp³-hybridized carbons (Fsp3) is 0.833. The zero-order chi connectivity index (χ0) is 8.53. The summed E-state index contributed by atoms with van der Waals surface area (Å²) in [6.45, 7) is 2.31. The minimum Gasteiger partial charge on any atom is -0.448 e. The lowest BCUT2D eigenvalue weighted by Crippen LogP contribution is -2.26. The summed E-state index contributed by atoms with van der Waals surface area (Å²) < 4.78 is 9.23. The van der Waals surface area contributed by atoms with Gasteiger partial charge in [-0.3, -0.25) is 0 Å². The Labute approximate surface area is 65.8 Å². The average Bonchev–Trinajstić information content (AvgIpc) is 1.96. The van der Waals surface area contributed by atoms with Crippen LogP contribution in [0.15, 0.2) is 0 Å². The number of carbonyl (C=O) groups is 1. The molecule has 0 aliphatic carbocycles. The third kappa shape index (κ3) is 9.19. The Bertz CT molecular complexity index is 108. The van der Waals surface area contributed by atoms with Crippen LogP contribution in [0.1, 0.15) is 0 Å². The second-order valence-electron chi connectivity index (χ2n) is 1.91. The van der Waals surface area contributed by atoms with Crippen molar-refractivity contribution in [2.24, 2.45) is 5.73 Å². The molecule has 66 valence electrons. The van der Waals surface area contributed by atoms with Crippen LogP contribution < -0.4 is 11.1 Å². The van der Waals surface area contributed by atoms with Gasteiger partial charge in [0.15, 0.2) is 0 Å². The van der Waals surface area contributed by atoms with E-state index in [1.807, 2.05) is 0 Å². The molecule has 0 heterocycles. The molecule has 11 heavy (non-hydrogen) atoms. The molecule has 1 amide bonds. The third-order valence-electron chi connectivity index (χ3n) is 1.01. The molecule has 0 saturated carbocycles. The molecule has 0 unspecified atom stereocenters. The summed E-state index contributed by atoms with van der Waals surface area (Å²) in [5.41, 5.74) is 4.72. The van der Waals surface area contributed by atoms with Gasteiger partial charge in [-0.2, -0.15) is 0 Å². The number of nitrogens with two attached hydrogens (primary N) is 1. The maximum atomic E-state index is 10.0. The van der Waals surface area contributed by atoms with Crippen LogP contribution in [0.25, 0.3) is 0 Å². The van der Waals surface area contributed by atoms with Crippen LogP contribution in [-0.2, 0) is 9.47 Å². The Balaban J connectivity index is 2.85. The molecule has 0 fully saturated rings. The van der Waals surface area contributed by atoms with Crippen LogP contribution >= 0.6 is 0 Å². The smallest absolute Gasteiger partial charge is 0.404 e. The molecule has 3 N–H and O–H groups in total. The molecule has 0 spiro atoms. The van der Waals surface area contributed by atoms with E-state index in [4.69, 9.17) is 10.5 Å². The highest BCUT2D eigenvalue weighted by Crippen LogP contribution is 1.71. The van der Waals surface area contributed by atoms with E-state index in [0.29, 0.717) is 19.8 Å². The first kappa shape index (κ1) is 10.2. The van der Waals surface area contributed by atoms with Gasteiger partial charge in [0.2, 0.25) is 0 Å². The maximum Gasteiger partial charge on any atom is 0.404 e. The summed E-state index contributed by atoms with van der Waals surface area (Å²) in [4.78, 5) is 10.0. The lowest BCUT2D eigenvalue weighted by Gasteiger charge is -2.02. The Hall–Kier alpha value is -0.810. The molecule has 0 radical (unpaired) electrons. The van der Waals surface area contributed by atoms with Gasteiger partial charge in [0, 0.05) is 20.2 Å². The zero-order valence-electron chi connectivity index (χ0n) is 6.63. The standard InChI is InChI=1S/C6H14N2O3/c1-10-4-2-8-3-5-11-6(7)9/h8H,2-5H2,1H3,(H2,7,9). The predicted molar refractivity (Wildman–Crippen MR) is 40.3 cm³/mol. The normalized spacial score (nSPS) is 9.55. The first-order valence-electron chi connectivity index (χ1n) is 3.39. The number of nitrogens with one attached hydrogen (secondary N) is 1. The van der Waals surface area contributed by atoms with Gasteiger partial charge in [-0.1, -0.05) is 0 Å². The predicted octanol–water partition coefficient (Wildman–Crippen LogP) is -0.682. The minimum absolute atomic E-state index is 0.305. The molecule has 0 rings (SSSR count). The van der Waals surface area contributed by atoms with Crippen molar-refractivity contribution in [3.63, 3.8) is 0 Å². The van der Waals surface area contributed by atoms with Gasteiger partial charge >= 0.3 is 6.09 Å². The van der Waals surface area contributed by atoms with Crippen molar-refractivity contribution in [3.8, 4) is 0 Å². The summed E-state index contributed by atoms with van der Waals surface area (Å²) in [6.07, 6.45) is -0.737. The minimum atomic E-state index is -0.737. The lowest BCUT2D eigenvalue weighted by atomic mass is 10.6. The van der Waals surface area contributed by atoms with Crippen LogP contribution in [-0.4, -0.2) is 39.5 Å². The van der Waals surface area contributed by atoms with Gasteiger partial charge < -0.3 is 20.5 Å². The Morgan fingerprint density at radius 3 is 2.64 bits per heavy atom. The van der Waals surface area contributed by atoms with E-state index < -0.39 is 6.09 Å². The van der Waals surface area contributed by atoms with Crippen LogP contribution in [0.2, 0.25) is 0 Å². The van der Waals surface area contributed by atoms with E-state index in [2.05, 4.69) is 10.1 Å². The topological polar surface area (TPSA) is 73.6 Å². The van der Waals surface area contributed by atoms with Crippen molar-refractivity contribution in [1.29, 1.82) is 0 Å². The largest absolute Gasteiger partial charge is 0.448 e. The molecule has 0 aliphatic heterocycles. The first-order chi connectivity index (χ1) is 5.27. The summed E-state index contributed by atoms with van der Waals surface area (Å²) >= 11 is 0. The molecule has 5 nitrogen and oxygen atoms in total. The molecule has 0 atom stereocenters. The highest BCUT2D eigenvalue weighted by molar-refractivity contribution is 5.64. The van der Waals surface area contributed by atoms with E-state index in [9.17, 15) is 4.79 Å². The fourth-order valence-electron chi connectivity index (χ4n) is 0.523. The Morgan fingerprint density at radius 2 is 2.09 bits per heavy atom. The van der Waals surface area contributed by atoms with Crippen LogP contribution in [0, 0.1) is 0 Å². The summed E-state index contributed by atoms with van der Waals surface area (Å²) in [6, 6.07) is 0. The number of carbonyl (C=O) groups excluding carboxylic acids is 1. The summed E-state index contributed by atoms with van der Waals surface area (Å²) in [5.74, 6) is 0. The van der Waals surface area contributed by atoms with Gasteiger partial charge in [0.1, 0.15) is 6.61 Å². The molecule has 0 bridgehead atoms. The summed E-state index contributed by atoms with van der Waals surface area (Å²) in [5, 5.41) is 2.98. The van der Waals surface area contributed by atoms with E-state index in [-0.39, 0.29) is 0 Å². The first-order valence-corrected chi connectivity index (χ1v) is 3.39. The highest BCUT2D eigenvalue weighted by Gasteiger charge is 1.91. The van der Waals surface area contributed by atoms with E-state index in [0.717, 1.165) is 6.54 Å². The van der Waals surface area contributed by atoms with E-state index >= 15 is 0 Å². The second-order valence-corrected chi connectivity index (χ2v) is 1.91. The quantitative estimate of drug-likeness (QED) is 0.507. The monoisotopic (exact) mass is 162 g/mol. The molecule has 0 aromatic rings. The zero-order valence-corrected chi connectivity index (χ0v) is 6.63. The maximum absolute atomic E-state index is 10.0. The number of hydrogen-bond donors (Lipinski definition) is 2. The number of primary amides is 1. The van der Waals surface area contributed by atoms with Crippen molar-refractivity contribution in [2.45, 2.75) is 0 Å². The molecule has 5 heteroatoms. The van der Waals surface area contributed by atoms with E-state index in [1.54, 1.807) is 7.11 Å². The molecule has 0 aromatic carbocycles. The van der Waals surface area contributed by atoms with Crippen LogP contribution in [0.4, 0.5) is 4.79 Å². The van der Waals surface area contributed by atoms with Gasteiger partial charge in [-0.15, -0.1) is 0 Å². The van der Waals surface area contributed by atoms with Crippen molar-refractivity contribution in [2.75, 3.05) is 33.4 Å². The average molecular weight is 162 g/mol. The Kier molecular flexibility index (Phi) is 6.76. The summed E-state index contributed by atoms with van der Waals surface area (Å²) in [7, 11) is 1.63. The van der Waals surface area contributed by atoms with Crippen LogP contribution in [0.3, 0.4) is 0 Å². The van der Waals surface area contributed by atoms with Gasteiger partial charge in [-0.05, 0) is 0 Å². The molecule has 0 aromatic heterocycles. The number of ether oxygens (including phenoxy) is 2. The van der Waals surface area contributed by atoms with Crippen molar-refractivity contribution >= 4 is 6.09 Å². The Morgan fingerprint density at radius 1 is 1.45 bits per heavy atom. The highest BCUT2D eigenvalue weighted by atomic mass is 16.5. The number of hydrogen-bond acceptors (Lipinski definition) is 4. The van der Waals surface area contributed by atoms with Gasteiger partial charge in [0.25, 0.3) is 0 Å².